The van der Waals surface area contributed by atoms with Gasteiger partial charge in [-0.3, -0.25) is 9.59 Å². The Morgan fingerprint density at radius 2 is 1.95 bits per heavy atom. The largest absolute Gasteiger partial charge is 0.481 e. The molecule has 0 aliphatic heterocycles. The third kappa shape index (κ3) is 3.68. The second-order valence-electron chi connectivity index (χ2n) is 4.68. The van der Waals surface area contributed by atoms with E-state index in [1.807, 2.05) is 0 Å². The summed E-state index contributed by atoms with van der Waals surface area (Å²) in [4.78, 5) is 23.1. The van der Waals surface area contributed by atoms with E-state index in [-0.39, 0.29) is 12.3 Å². The summed E-state index contributed by atoms with van der Waals surface area (Å²) in [6, 6.07) is 8.04. The minimum Gasteiger partial charge on any atom is -0.481 e. The Kier molecular flexibility index (Phi) is 4.37. The van der Waals surface area contributed by atoms with E-state index in [9.17, 15) is 14.0 Å². The average molecular weight is 290 g/mol. The standard InChI is InChI=1S/C15H15FN2O3/c1-18-8-2-3-13(18)15(21)17-12(9-14(19)20)10-4-6-11(16)7-5-10/h2-8,12H,9H2,1H3,(H,17,21)(H,19,20)/t12-/m0/s1. The number of carboxylic acid groups (broad SMARTS) is 1. The second-order valence-corrected chi connectivity index (χ2v) is 4.68. The lowest BCUT2D eigenvalue weighted by atomic mass is 10.0. The number of aryl methyl sites for hydroxylation is 1. The van der Waals surface area contributed by atoms with Gasteiger partial charge in [0.1, 0.15) is 11.5 Å². The number of aliphatic carboxylic acids is 1. The van der Waals surface area contributed by atoms with Gasteiger partial charge in [-0.05, 0) is 29.8 Å². The molecule has 0 bridgehead atoms. The number of benzene rings is 1. The van der Waals surface area contributed by atoms with Gasteiger partial charge in [-0.2, -0.15) is 0 Å². The molecule has 1 heterocycles. The average Bonchev–Trinajstić information content (AvgIpc) is 2.84. The molecule has 2 N–H and O–H groups in total. The van der Waals surface area contributed by atoms with Crippen LogP contribution in [0.25, 0.3) is 0 Å². The maximum absolute atomic E-state index is 12.9. The van der Waals surface area contributed by atoms with E-state index in [1.54, 1.807) is 29.9 Å². The van der Waals surface area contributed by atoms with Crippen molar-refractivity contribution < 1.29 is 19.1 Å². The molecule has 0 aliphatic carbocycles. The van der Waals surface area contributed by atoms with Crippen LogP contribution in [-0.2, 0) is 11.8 Å². The molecule has 110 valence electrons. The molecule has 0 saturated carbocycles. The number of halogens is 1. The van der Waals surface area contributed by atoms with Crippen LogP contribution in [0.3, 0.4) is 0 Å². The van der Waals surface area contributed by atoms with Crippen molar-refractivity contribution in [3.8, 4) is 0 Å². The van der Waals surface area contributed by atoms with Gasteiger partial charge in [0.2, 0.25) is 0 Å². The number of aromatic nitrogens is 1. The molecular formula is C15H15FN2O3. The van der Waals surface area contributed by atoms with E-state index >= 15 is 0 Å². The van der Waals surface area contributed by atoms with Gasteiger partial charge in [0.05, 0.1) is 12.5 Å². The first-order valence-corrected chi connectivity index (χ1v) is 6.37. The van der Waals surface area contributed by atoms with E-state index in [0.717, 1.165) is 0 Å². The third-order valence-electron chi connectivity index (χ3n) is 3.13. The van der Waals surface area contributed by atoms with E-state index < -0.39 is 17.8 Å². The lowest BCUT2D eigenvalue weighted by Crippen LogP contribution is -2.31. The van der Waals surface area contributed by atoms with E-state index in [4.69, 9.17) is 5.11 Å². The van der Waals surface area contributed by atoms with Crippen molar-refractivity contribution in [1.82, 2.24) is 9.88 Å². The van der Waals surface area contributed by atoms with Crippen molar-refractivity contribution in [3.05, 3.63) is 59.7 Å². The first-order chi connectivity index (χ1) is 9.97. The summed E-state index contributed by atoms with van der Waals surface area (Å²) in [5.74, 6) is -1.84. The zero-order valence-corrected chi connectivity index (χ0v) is 11.4. The quantitative estimate of drug-likeness (QED) is 0.886. The van der Waals surface area contributed by atoms with Crippen LogP contribution >= 0.6 is 0 Å². The lowest BCUT2D eigenvalue weighted by molar-refractivity contribution is -0.137. The van der Waals surface area contributed by atoms with Gasteiger partial charge in [-0.25, -0.2) is 4.39 Å². The molecule has 0 radical (unpaired) electrons. The highest BCUT2D eigenvalue weighted by Crippen LogP contribution is 2.18. The molecule has 1 atom stereocenters. The fourth-order valence-corrected chi connectivity index (χ4v) is 2.05. The second kappa shape index (κ2) is 6.21. The molecule has 0 fully saturated rings. The SMILES string of the molecule is Cn1cccc1C(=O)N[C@@H](CC(=O)O)c1ccc(F)cc1. The summed E-state index contributed by atoms with van der Waals surface area (Å²) in [5, 5.41) is 11.6. The summed E-state index contributed by atoms with van der Waals surface area (Å²) >= 11 is 0. The van der Waals surface area contributed by atoms with Crippen molar-refractivity contribution in [1.29, 1.82) is 0 Å². The lowest BCUT2D eigenvalue weighted by Gasteiger charge is -2.17. The summed E-state index contributed by atoms with van der Waals surface area (Å²) in [7, 11) is 1.72. The zero-order valence-electron chi connectivity index (χ0n) is 11.4. The Labute approximate surface area is 121 Å². The van der Waals surface area contributed by atoms with E-state index in [0.29, 0.717) is 11.3 Å². The molecular weight excluding hydrogens is 275 g/mol. The predicted molar refractivity (Wildman–Crippen MR) is 74.3 cm³/mol. The van der Waals surface area contributed by atoms with Crippen LogP contribution in [0.1, 0.15) is 28.5 Å². The Bertz CT molecular complexity index is 649. The molecule has 2 aromatic rings. The monoisotopic (exact) mass is 290 g/mol. The van der Waals surface area contributed by atoms with Crippen molar-refractivity contribution in [2.45, 2.75) is 12.5 Å². The van der Waals surface area contributed by atoms with Crippen LogP contribution in [0.4, 0.5) is 4.39 Å². The van der Waals surface area contributed by atoms with E-state index in [1.165, 1.54) is 24.3 Å². The maximum atomic E-state index is 12.9. The molecule has 1 aromatic heterocycles. The van der Waals surface area contributed by atoms with Crippen molar-refractivity contribution in [3.63, 3.8) is 0 Å². The Morgan fingerprint density at radius 3 is 2.48 bits per heavy atom. The zero-order chi connectivity index (χ0) is 15.4. The number of carbonyl (C=O) groups is 2. The van der Waals surface area contributed by atoms with Crippen LogP contribution in [0.5, 0.6) is 0 Å². The highest BCUT2D eigenvalue weighted by atomic mass is 19.1. The smallest absolute Gasteiger partial charge is 0.305 e. The fraction of sp³-hybridized carbons (Fsp3) is 0.200. The molecule has 21 heavy (non-hydrogen) atoms. The van der Waals surface area contributed by atoms with Crippen LogP contribution in [0, 0.1) is 5.82 Å². The topological polar surface area (TPSA) is 71.3 Å². The molecule has 0 aliphatic rings. The molecule has 2 rings (SSSR count). The summed E-state index contributed by atoms with van der Waals surface area (Å²) in [6.45, 7) is 0. The molecule has 5 nitrogen and oxygen atoms in total. The normalized spacial score (nSPS) is 11.9. The first-order valence-electron chi connectivity index (χ1n) is 6.37. The molecule has 0 spiro atoms. The molecule has 6 heteroatoms. The first kappa shape index (κ1) is 14.8. The Balaban J connectivity index is 2.20. The van der Waals surface area contributed by atoms with Crippen LogP contribution in [0.2, 0.25) is 0 Å². The minimum absolute atomic E-state index is 0.276. The number of rotatable bonds is 5. The number of amides is 1. The Hall–Kier alpha value is -2.63. The van der Waals surface area contributed by atoms with Gasteiger partial charge >= 0.3 is 5.97 Å². The summed E-state index contributed by atoms with van der Waals surface area (Å²) < 4.78 is 14.6. The number of carboxylic acids is 1. The van der Waals surface area contributed by atoms with Crippen LogP contribution < -0.4 is 5.32 Å². The van der Waals surface area contributed by atoms with Gasteiger partial charge in [-0.1, -0.05) is 12.1 Å². The summed E-state index contributed by atoms with van der Waals surface area (Å²) in [6.07, 6.45) is 1.45. The van der Waals surface area contributed by atoms with Gasteiger partial charge < -0.3 is 15.0 Å². The molecule has 0 unspecified atom stereocenters. The number of nitrogens with zero attached hydrogens (tertiary/aromatic N) is 1. The van der Waals surface area contributed by atoms with Gasteiger partial charge in [0, 0.05) is 13.2 Å². The van der Waals surface area contributed by atoms with Crippen molar-refractivity contribution in [2.24, 2.45) is 7.05 Å². The van der Waals surface area contributed by atoms with Crippen molar-refractivity contribution in [2.75, 3.05) is 0 Å². The molecule has 1 aromatic carbocycles. The highest BCUT2D eigenvalue weighted by molar-refractivity contribution is 5.93. The fourth-order valence-electron chi connectivity index (χ4n) is 2.05. The third-order valence-corrected chi connectivity index (χ3v) is 3.13. The molecule has 1 amide bonds. The van der Waals surface area contributed by atoms with Gasteiger partial charge in [0.25, 0.3) is 5.91 Å². The van der Waals surface area contributed by atoms with E-state index in [2.05, 4.69) is 5.32 Å². The van der Waals surface area contributed by atoms with Crippen LogP contribution in [-0.4, -0.2) is 21.6 Å². The minimum atomic E-state index is -1.04. The predicted octanol–water partition coefficient (Wildman–Crippen LogP) is 2.11. The number of carbonyl (C=O) groups excluding carboxylic acids is 1. The van der Waals surface area contributed by atoms with Gasteiger partial charge in [0.15, 0.2) is 0 Å². The number of hydrogen-bond donors (Lipinski definition) is 2. The highest BCUT2D eigenvalue weighted by Gasteiger charge is 2.20. The van der Waals surface area contributed by atoms with Crippen LogP contribution in [0.15, 0.2) is 42.6 Å². The summed E-state index contributed by atoms with van der Waals surface area (Å²) in [5.41, 5.74) is 0.967. The number of nitrogens with one attached hydrogen (secondary N) is 1. The van der Waals surface area contributed by atoms with Crippen molar-refractivity contribution >= 4 is 11.9 Å². The maximum Gasteiger partial charge on any atom is 0.305 e. The Morgan fingerprint density at radius 1 is 1.29 bits per heavy atom. The van der Waals surface area contributed by atoms with Gasteiger partial charge in [-0.15, -0.1) is 0 Å². The number of hydrogen-bond acceptors (Lipinski definition) is 2. The molecule has 0 saturated heterocycles.